The molecule has 104 valence electrons. The lowest BCUT2D eigenvalue weighted by molar-refractivity contribution is -0.137. The Labute approximate surface area is 117 Å². The molecule has 0 spiro atoms. The number of carbonyl (C=O) groups is 1. The molecule has 0 amide bonds. The Bertz CT molecular complexity index is 635. The van der Waals surface area contributed by atoms with Gasteiger partial charge in [-0.1, -0.05) is 30.3 Å². The van der Waals surface area contributed by atoms with Gasteiger partial charge in [-0.15, -0.1) is 0 Å². The van der Waals surface area contributed by atoms with Gasteiger partial charge in [-0.3, -0.25) is 4.79 Å². The first-order valence-electron chi connectivity index (χ1n) is 6.52. The van der Waals surface area contributed by atoms with Gasteiger partial charge in [0.15, 0.2) is 0 Å². The van der Waals surface area contributed by atoms with E-state index in [0.29, 0.717) is 5.56 Å². The zero-order chi connectivity index (χ0) is 14.7. The van der Waals surface area contributed by atoms with Crippen LogP contribution in [-0.2, 0) is 4.79 Å². The van der Waals surface area contributed by atoms with E-state index in [-0.39, 0.29) is 18.2 Å². The molecule has 0 bridgehead atoms. The topological polar surface area (TPSA) is 37.3 Å². The van der Waals surface area contributed by atoms with Crippen LogP contribution in [0.25, 0.3) is 0 Å². The van der Waals surface area contributed by atoms with Gasteiger partial charge < -0.3 is 5.11 Å². The van der Waals surface area contributed by atoms with Crippen LogP contribution in [0.4, 0.5) is 4.39 Å². The van der Waals surface area contributed by atoms with E-state index in [0.717, 1.165) is 16.7 Å². The number of aliphatic carboxylic acids is 1. The normalized spacial score (nSPS) is 12.2. The van der Waals surface area contributed by atoms with Gasteiger partial charge in [0.25, 0.3) is 0 Å². The molecule has 2 rings (SSSR count). The first-order valence-corrected chi connectivity index (χ1v) is 6.52. The van der Waals surface area contributed by atoms with Crippen molar-refractivity contribution in [2.45, 2.75) is 26.2 Å². The quantitative estimate of drug-likeness (QED) is 0.911. The van der Waals surface area contributed by atoms with E-state index in [1.807, 2.05) is 32.0 Å². The summed E-state index contributed by atoms with van der Waals surface area (Å²) in [5, 5.41) is 9.11. The first-order chi connectivity index (χ1) is 9.47. The smallest absolute Gasteiger partial charge is 0.304 e. The number of benzene rings is 2. The molecular weight excluding hydrogens is 255 g/mol. The van der Waals surface area contributed by atoms with Gasteiger partial charge in [-0.25, -0.2) is 4.39 Å². The highest BCUT2D eigenvalue weighted by atomic mass is 19.1. The maximum absolute atomic E-state index is 13.4. The van der Waals surface area contributed by atoms with Gasteiger partial charge in [-0.2, -0.15) is 0 Å². The minimum absolute atomic E-state index is 0.0496. The molecule has 0 fully saturated rings. The fourth-order valence-electron chi connectivity index (χ4n) is 2.31. The molecular formula is C17H17FO2. The van der Waals surface area contributed by atoms with Gasteiger partial charge in [0.05, 0.1) is 6.42 Å². The largest absolute Gasteiger partial charge is 0.481 e. The monoisotopic (exact) mass is 272 g/mol. The number of rotatable bonds is 4. The third kappa shape index (κ3) is 3.23. The van der Waals surface area contributed by atoms with Crippen molar-refractivity contribution in [3.63, 3.8) is 0 Å². The van der Waals surface area contributed by atoms with E-state index in [2.05, 4.69) is 0 Å². The second kappa shape index (κ2) is 5.87. The molecule has 0 radical (unpaired) electrons. The third-order valence-electron chi connectivity index (χ3n) is 3.56. The molecule has 1 N–H and O–H groups in total. The van der Waals surface area contributed by atoms with E-state index < -0.39 is 5.97 Å². The molecule has 2 aromatic rings. The third-order valence-corrected chi connectivity index (χ3v) is 3.56. The highest BCUT2D eigenvalue weighted by Gasteiger charge is 2.18. The molecule has 2 aromatic carbocycles. The molecule has 0 aliphatic carbocycles. The second-order valence-electron chi connectivity index (χ2n) is 5.05. The van der Waals surface area contributed by atoms with Gasteiger partial charge in [0.2, 0.25) is 0 Å². The molecule has 2 nitrogen and oxygen atoms in total. The summed E-state index contributed by atoms with van der Waals surface area (Å²) in [4.78, 5) is 11.1. The molecule has 1 atom stereocenters. The Kier molecular flexibility index (Phi) is 4.18. The van der Waals surface area contributed by atoms with Crippen LogP contribution >= 0.6 is 0 Å². The van der Waals surface area contributed by atoms with Crippen LogP contribution in [0.3, 0.4) is 0 Å². The number of aryl methyl sites for hydroxylation is 2. The van der Waals surface area contributed by atoms with Crippen LogP contribution < -0.4 is 0 Å². The van der Waals surface area contributed by atoms with Crippen LogP contribution in [0.15, 0.2) is 42.5 Å². The number of hydrogen-bond donors (Lipinski definition) is 1. The predicted octanol–water partition coefficient (Wildman–Crippen LogP) is 4.05. The fourth-order valence-corrected chi connectivity index (χ4v) is 2.31. The minimum atomic E-state index is -0.891. The zero-order valence-electron chi connectivity index (χ0n) is 11.6. The standard InChI is InChI=1S/C17H17FO2/c1-11-6-7-14(8-12(11)2)16(10-17(19)20)13-4-3-5-15(18)9-13/h3-9,16H,10H2,1-2H3,(H,19,20). The molecule has 20 heavy (non-hydrogen) atoms. The Morgan fingerprint density at radius 2 is 1.80 bits per heavy atom. The van der Waals surface area contributed by atoms with E-state index in [1.54, 1.807) is 12.1 Å². The molecule has 1 unspecified atom stereocenters. The van der Waals surface area contributed by atoms with Crippen LogP contribution in [0.2, 0.25) is 0 Å². The molecule has 0 saturated carbocycles. The average Bonchev–Trinajstić information content (AvgIpc) is 2.39. The van der Waals surface area contributed by atoms with Crippen molar-refractivity contribution in [2.24, 2.45) is 0 Å². The molecule has 0 saturated heterocycles. The van der Waals surface area contributed by atoms with Crippen molar-refractivity contribution in [1.29, 1.82) is 0 Å². The van der Waals surface area contributed by atoms with Gasteiger partial charge in [-0.05, 0) is 48.2 Å². The van der Waals surface area contributed by atoms with Crippen molar-refractivity contribution >= 4 is 5.97 Å². The average molecular weight is 272 g/mol. The number of carboxylic acid groups (broad SMARTS) is 1. The van der Waals surface area contributed by atoms with Crippen molar-refractivity contribution < 1.29 is 14.3 Å². The van der Waals surface area contributed by atoms with Crippen molar-refractivity contribution in [1.82, 2.24) is 0 Å². The SMILES string of the molecule is Cc1ccc(C(CC(=O)O)c2cccc(F)c2)cc1C. The summed E-state index contributed by atoms with van der Waals surface area (Å²) < 4.78 is 13.4. The highest BCUT2D eigenvalue weighted by Crippen LogP contribution is 2.29. The Hall–Kier alpha value is -2.16. The number of halogens is 1. The lowest BCUT2D eigenvalue weighted by Gasteiger charge is -2.17. The number of carboxylic acids is 1. The zero-order valence-corrected chi connectivity index (χ0v) is 11.6. The highest BCUT2D eigenvalue weighted by molar-refractivity contribution is 5.69. The summed E-state index contributed by atoms with van der Waals surface area (Å²) in [7, 11) is 0. The molecule has 0 aromatic heterocycles. The van der Waals surface area contributed by atoms with Crippen LogP contribution in [-0.4, -0.2) is 11.1 Å². The summed E-state index contributed by atoms with van der Waals surface area (Å²) in [6.45, 7) is 4.00. The van der Waals surface area contributed by atoms with E-state index in [1.165, 1.54) is 12.1 Å². The summed E-state index contributed by atoms with van der Waals surface area (Å²) in [5.74, 6) is -1.57. The maximum atomic E-state index is 13.4. The van der Waals surface area contributed by atoms with Crippen molar-refractivity contribution in [2.75, 3.05) is 0 Å². The van der Waals surface area contributed by atoms with Crippen molar-refractivity contribution in [3.05, 3.63) is 70.5 Å². The Morgan fingerprint density at radius 1 is 1.10 bits per heavy atom. The summed E-state index contributed by atoms with van der Waals surface area (Å²) in [6, 6.07) is 12.0. The van der Waals surface area contributed by atoms with Gasteiger partial charge in [0, 0.05) is 5.92 Å². The first kappa shape index (κ1) is 14.3. The summed E-state index contributed by atoms with van der Waals surface area (Å²) in [5.41, 5.74) is 3.85. The Balaban J connectivity index is 2.46. The van der Waals surface area contributed by atoms with Crippen LogP contribution in [0.5, 0.6) is 0 Å². The predicted molar refractivity (Wildman–Crippen MR) is 76.4 cm³/mol. The van der Waals surface area contributed by atoms with E-state index >= 15 is 0 Å². The summed E-state index contributed by atoms with van der Waals surface area (Å²) in [6.07, 6.45) is -0.0496. The number of hydrogen-bond acceptors (Lipinski definition) is 1. The van der Waals surface area contributed by atoms with Gasteiger partial charge in [0.1, 0.15) is 5.82 Å². The lowest BCUT2D eigenvalue weighted by Crippen LogP contribution is -2.08. The molecule has 0 aliphatic heterocycles. The molecule has 0 aliphatic rings. The molecule has 3 heteroatoms. The summed E-state index contributed by atoms with van der Waals surface area (Å²) >= 11 is 0. The van der Waals surface area contributed by atoms with Gasteiger partial charge >= 0.3 is 5.97 Å². The second-order valence-corrected chi connectivity index (χ2v) is 5.05. The molecule has 0 heterocycles. The maximum Gasteiger partial charge on any atom is 0.304 e. The minimum Gasteiger partial charge on any atom is -0.481 e. The van der Waals surface area contributed by atoms with Crippen molar-refractivity contribution in [3.8, 4) is 0 Å². The van der Waals surface area contributed by atoms with E-state index in [4.69, 9.17) is 5.11 Å². The Morgan fingerprint density at radius 3 is 2.40 bits per heavy atom. The van der Waals surface area contributed by atoms with Crippen LogP contribution in [0, 0.1) is 19.7 Å². The van der Waals surface area contributed by atoms with Crippen LogP contribution in [0.1, 0.15) is 34.6 Å². The fraction of sp³-hybridized carbons (Fsp3) is 0.235. The lowest BCUT2D eigenvalue weighted by atomic mass is 9.87. The van der Waals surface area contributed by atoms with E-state index in [9.17, 15) is 9.18 Å².